The second kappa shape index (κ2) is 4.47. The van der Waals surface area contributed by atoms with Crippen molar-refractivity contribution < 1.29 is 4.79 Å². The Hall–Kier alpha value is -0.390. The van der Waals surface area contributed by atoms with Crippen molar-refractivity contribution >= 4 is 33.2 Å². The van der Waals surface area contributed by atoms with Crippen molar-refractivity contribution in [3.8, 4) is 0 Å². The zero-order chi connectivity index (χ0) is 11.8. The third-order valence-corrected chi connectivity index (χ3v) is 4.68. The van der Waals surface area contributed by atoms with E-state index < -0.39 is 0 Å². The van der Waals surface area contributed by atoms with Crippen LogP contribution in [0.2, 0.25) is 0 Å². The maximum Gasteiger partial charge on any atom is 0.265 e. The molecule has 1 aliphatic heterocycles. The molecule has 2 rings (SSSR count). The van der Waals surface area contributed by atoms with Gasteiger partial charge in [-0.1, -0.05) is 0 Å². The lowest BCUT2D eigenvalue weighted by molar-refractivity contribution is 0.0481. The summed E-state index contributed by atoms with van der Waals surface area (Å²) in [4.78, 5) is 15.1. The van der Waals surface area contributed by atoms with Crippen LogP contribution in [0.4, 0.5) is 0 Å². The predicted octanol–water partition coefficient (Wildman–Crippen LogP) is 2.33. The van der Waals surface area contributed by atoms with Gasteiger partial charge in [0.1, 0.15) is 4.88 Å². The average molecular weight is 303 g/mol. The molecule has 1 aromatic rings. The quantitative estimate of drug-likeness (QED) is 0.863. The summed E-state index contributed by atoms with van der Waals surface area (Å²) < 4.78 is 0.900. The maximum absolute atomic E-state index is 12.4. The molecule has 0 saturated carbocycles. The fourth-order valence-electron chi connectivity index (χ4n) is 1.93. The highest BCUT2D eigenvalue weighted by atomic mass is 79.9. The molecule has 5 heteroatoms. The Morgan fingerprint density at radius 2 is 2.38 bits per heavy atom. The van der Waals surface area contributed by atoms with Crippen molar-refractivity contribution in [3.05, 3.63) is 20.8 Å². The molecule has 2 heterocycles. The molecule has 88 valence electrons. The summed E-state index contributed by atoms with van der Waals surface area (Å²) in [5.41, 5.74) is -0.112. The standard InChI is InChI=1S/C11H15BrN2OS/c1-11(2)7-13-4-5-14(11)10(15)9-8(12)3-6-16-9/h3,6,13H,4-5,7H2,1-2H3. The third-order valence-electron chi connectivity index (χ3n) is 2.86. The third kappa shape index (κ3) is 2.17. The molecular weight excluding hydrogens is 288 g/mol. The Balaban J connectivity index is 2.24. The molecule has 0 aromatic carbocycles. The van der Waals surface area contributed by atoms with E-state index in [9.17, 15) is 4.79 Å². The summed E-state index contributed by atoms with van der Waals surface area (Å²) in [7, 11) is 0. The molecule has 0 bridgehead atoms. The Kier molecular flexibility index (Phi) is 3.37. The number of hydrogen-bond donors (Lipinski definition) is 1. The van der Waals surface area contributed by atoms with Gasteiger partial charge in [0, 0.05) is 24.1 Å². The molecule has 1 aromatic heterocycles. The molecule has 1 saturated heterocycles. The van der Waals surface area contributed by atoms with Gasteiger partial charge < -0.3 is 10.2 Å². The molecule has 0 atom stereocenters. The SMILES string of the molecule is CC1(C)CNCCN1C(=O)c1sccc1Br. The van der Waals surface area contributed by atoms with Gasteiger partial charge in [0.15, 0.2) is 0 Å². The number of halogens is 1. The van der Waals surface area contributed by atoms with Gasteiger partial charge in [-0.15, -0.1) is 11.3 Å². The van der Waals surface area contributed by atoms with Crippen LogP contribution < -0.4 is 5.32 Å². The molecule has 0 radical (unpaired) electrons. The van der Waals surface area contributed by atoms with E-state index in [-0.39, 0.29) is 11.4 Å². The maximum atomic E-state index is 12.4. The van der Waals surface area contributed by atoms with Crippen molar-refractivity contribution in [1.82, 2.24) is 10.2 Å². The topological polar surface area (TPSA) is 32.3 Å². The summed E-state index contributed by atoms with van der Waals surface area (Å²) in [6.45, 7) is 6.69. The first-order valence-corrected chi connectivity index (χ1v) is 6.95. The molecule has 0 aliphatic carbocycles. The molecule has 0 spiro atoms. The molecule has 1 fully saturated rings. The Morgan fingerprint density at radius 1 is 1.62 bits per heavy atom. The van der Waals surface area contributed by atoms with Gasteiger partial charge >= 0.3 is 0 Å². The fourth-order valence-corrected chi connectivity index (χ4v) is 3.42. The number of hydrogen-bond acceptors (Lipinski definition) is 3. The van der Waals surface area contributed by atoms with Crippen LogP contribution in [0.3, 0.4) is 0 Å². The molecule has 1 N–H and O–H groups in total. The monoisotopic (exact) mass is 302 g/mol. The van der Waals surface area contributed by atoms with Crippen LogP contribution in [-0.4, -0.2) is 36.0 Å². The zero-order valence-corrected chi connectivity index (χ0v) is 11.8. The summed E-state index contributed by atoms with van der Waals surface area (Å²) in [5.74, 6) is 0.133. The predicted molar refractivity (Wildman–Crippen MR) is 70.0 cm³/mol. The first kappa shape index (κ1) is 12.1. The number of carbonyl (C=O) groups excluding carboxylic acids is 1. The summed E-state index contributed by atoms with van der Waals surface area (Å²) in [6.07, 6.45) is 0. The summed E-state index contributed by atoms with van der Waals surface area (Å²) >= 11 is 4.91. The molecule has 0 unspecified atom stereocenters. The summed E-state index contributed by atoms with van der Waals surface area (Å²) in [6, 6.07) is 1.92. The molecular formula is C11H15BrN2OS. The Bertz CT molecular complexity index is 402. The van der Waals surface area contributed by atoms with E-state index >= 15 is 0 Å². The number of nitrogens with one attached hydrogen (secondary N) is 1. The number of thiophene rings is 1. The second-order valence-corrected chi connectivity index (χ2v) is 6.31. The lowest BCUT2D eigenvalue weighted by atomic mass is 10.00. The minimum absolute atomic E-state index is 0.112. The first-order valence-electron chi connectivity index (χ1n) is 5.28. The largest absolute Gasteiger partial charge is 0.330 e. The Morgan fingerprint density at radius 3 is 2.94 bits per heavy atom. The van der Waals surface area contributed by atoms with Crippen molar-refractivity contribution in [2.45, 2.75) is 19.4 Å². The second-order valence-electron chi connectivity index (χ2n) is 4.54. The highest BCUT2D eigenvalue weighted by molar-refractivity contribution is 9.10. The van der Waals surface area contributed by atoms with Crippen LogP contribution in [-0.2, 0) is 0 Å². The molecule has 1 amide bonds. The lowest BCUT2D eigenvalue weighted by Crippen LogP contribution is -2.59. The van der Waals surface area contributed by atoms with Gasteiger partial charge in [-0.2, -0.15) is 0 Å². The highest BCUT2D eigenvalue weighted by Gasteiger charge is 2.34. The van der Waals surface area contributed by atoms with E-state index in [4.69, 9.17) is 0 Å². The Labute approximate surface area is 108 Å². The van der Waals surface area contributed by atoms with Crippen LogP contribution in [0.25, 0.3) is 0 Å². The zero-order valence-electron chi connectivity index (χ0n) is 9.42. The van der Waals surface area contributed by atoms with Crippen molar-refractivity contribution in [2.24, 2.45) is 0 Å². The van der Waals surface area contributed by atoms with Gasteiger partial charge in [-0.3, -0.25) is 4.79 Å². The van der Waals surface area contributed by atoms with Gasteiger partial charge in [0.2, 0.25) is 0 Å². The first-order chi connectivity index (χ1) is 7.52. The fraction of sp³-hybridized carbons (Fsp3) is 0.545. The number of piperazine rings is 1. The van der Waals surface area contributed by atoms with Crippen LogP contribution in [0.1, 0.15) is 23.5 Å². The van der Waals surface area contributed by atoms with Gasteiger partial charge in [0.05, 0.1) is 5.54 Å². The van der Waals surface area contributed by atoms with E-state index in [0.717, 1.165) is 29.0 Å². The van der Waals surface area contributed by atoms with Crippen LogP contribution in [0.5, 0.6) is 0 Å². The number of nitrogens with zero attached hydrogens (tertiary/aromatic N) is 1. The highest BCUT2D eigenvalue weighted by Crippen LogP contribution is 2.27. The smallest absolute Gasteiger partial charge is 0.265 e. The summed E-state index contributed by atoms with van der Waals surface area (Å²) in [5, 5.41) is 5.25. The van der Waals surface area contributed by atoms with E-state index in [1.54, 1.807) is 0 Å². The number of rotatable bonds is 1. The van der Waals surface area contributed by atoms with E-state index in [1.165, 1.54) is 11.3 Å². The van der Waals surface area contributed by atoms with E-state index in [0.29, 0.717) is 0 Å². The van der Waals surface area contributed by atoms with Crippen LogP contribution in [0, 0.1) is 0 Å². The minimum atomic E-state index is -0.112. The van der Waals surface area contributed by atoms with Crippen LogP contribution >= 0.6 is 27.3 Å². The van der Waals surface area contributed by atoms with Crippen molar-refractivity contribution in [2.75, 3.05) is 19.6 Å². The molecule has 3 nitrogen and oxygen atoms in total. The van der Waals surface area contributed by atoms with Crippen molar-refractivity contribution in [3.63, 3.8) is 0 Å². The van der Waals surface area contributed by atoms with Gasteiger partial charge in [-0.25, -0.2) is 0 Å². The van der Waals surface area contributed by atoms with Gasteiger partial charge in [-0.05, 0) is 41.2 Å². The lowest BCUT2D eigenvalue weighted by Gasteiger charge is -2.42. The van der Waals surface area contributed by atoms with E-state index in [2.05, 4.69) is 35.1 Å². The van der Waals surface area contributed by atoms with Gasteiger partial charge in [0.25, 0.3) is 5.91 Å². The minimum Gasteiger partial charge on any atom is -0.330 e. The average Bonchev–Trinajstić information content (AvgIpc) is 2.63. The van der Waals surface area contributed by atoms with E-state index in [1.807, 2.05) is 16.3 Å². The molecule has 16 heavy (non-hydrogen) atoms. The number of amides is 1. The number of carbonyl (C=O) groups is 1. The van der Waals surface area contributed by atoms with Crippen molar-refractivity contribution in [1.29, 1.82) is 0 Å². The normalized spacial score (nSPS) is 19.8. The van der Waals surface area contributed by atoms with Crippen LogP contribution in [0.15, 0.2) is 15.9 Å². The molecule has 1 aliphatic rings.